The monoisotopic (exact) mass is 324 g/mol. The maximum atomic E-state index is 12.6. The summed E-state index contributed by atoms with van der Waals surface area (Å²) >= 11 is 3.44. The van der Waals surface area contributed by atoms with Gasteiger partial charge < -0.3 is 10.2 Å². The zero-order valence-electron chi connectivity index (χ0n) is 11.8. The minimum absolute atomic E-state index is 0.150. The molecule has 1 aromatic rings. The number of carbonyl (C=O) groups is 1. The van der Waals surface area contributed by atoms with E-state index in [0.717, 1.165) is 41.5 Å². The van der Waals surface area contributed by atoms with Crippen molar-refractivity contribution < 1.29 is 4.79 Å². The molecule has 0 atom stereocenters. The summed E-state index contributed by atoms with van der Waals surface area (Å²) < 4.78 is 0.957. The van der Waals surface area contributed by atoms with Crippen LogP contribution >= 0.6 is 15.9 Å². The summed E-state index contributed by atoms with van der Waals surface area (Å²) in [7, 11) is 2.00. The highest BCUT2D eigenvalue weighted by molar-refractivity contribution is 9.10. The third-order valence-corrected chi connectivity index (χ3v) is 4.68. The third kappa shape index (κ3) is 3.18. The Bertz CT molecular complexity index is 479. The quantitative estimate of drug-likeness (QED) is 0.907. The lowest BCUT2D eigenvalue weighted by molar-refractivity contribution is 0.0661. The second-order valence-corrected chi connectivity index (χ2v) is 6.48. The highest BCUT2D eigenvalue weighted by atomic mass is 79.9. The van der Waals surface area contributed by atoms with Crippen LogP contribution in [-0.4, -0.2) is 36.5 Å². The minimum Gasteiger partial charge on any atom is -0.339 e. The van der Waals surface area contributed by atoms with E-state index >= 15 is 0 Å². The van der Waals surface area contributed by atoms with Gasteiger partial charge in [0.15, 0.2) is 0 Å². The van der Waals surface area contributed by atoms with Gasteiger partial charge in [-0.15, -0.1) is 0 Å². The van der Waals surface area contributed by atoms with Gasteiger partial charge in [0.1, 0.15) is 0 Å². The smallest absolute Gasteiger partial charge is 0.254 e. The molecule has 1 fully saturated rings. The van der Waals surface area contributed by atoms with Crippen molar-refractivity contribution in [3.8, 4) is 0 Å². The summed E-state index contributed by atoms with van der Waals surface area (Å²) in [6, 6.07) is 5.88. The molecule has 0 saturated carbocycles. The van der Waals surface area contributed by atoms with Crippen LogP contribution in [0.2, 0.25) is 0 Å². The lowest BCUT2D eigenvalue weighted by atomic mass is 9.89. The predicted octanol–water partition coefficient (Wildman–Crippen LogP) is 2.97. The largest absolute Gasteiger partial charge is 0.339 e. The number of nitrogens with one attached hydrogen (secondary N) is 1. The number of carbonyl (C=O) groups excluding carboxylic acids is 1. The summed E-state index contributed by atoms with van der Waals surface area (Å²) in [5.74, 6) is 0.150. The molecule has 4 heteroatoms. The van der Waals surface area contributed by atoms with Crippen LogP contribution in [0, 0.1) is 6.92 Å². The fraction of sp³-hybridized carbons (Fsp3) is 0.533. The molecule has 0 unspecified atom stereocenters. The lowest BCUT2D eigenvalue weighted by Gasteiger charge is -2.39. The van der Waals surface area contributed by atoms with Gasteiger partial charge in [-0.1, -0.05) is 22.0 Å². The summed E-state index contributed by atoms with van der Waals surface area (Å²) in [5, 5.41) is 3.35. The molecule has 1 heterocycles. The fourth-order valence-corrected chi connectivity index (χ4v) is 2.81. The molecule has 0 radical (unpaired) electrons. The number of hydrogen-bond acceptors (Lipinski definition) is 2. The van der Waals surface area contributed by atoms with Gasteiger partial charge in [0.25, 0.3) is 5.91 Å². The topological polar surface area (TPSA) is 32.3 Å². The maximum Gasteiger partial charge on any atom is 0.254 e. The van der Waals surface area contributed by atoms with Gasteiger partial charge in [0.05, 0.1) is 0 Å². The molecule has 0 aromatic heterocycles. The van der Waals surface area contributed by atoms with Gasteiger partial charge in [-0.25, -0.2) is 0 Å². The Labute approximate surface area is 123 Å². The number of aryl methyl sites for hydroxylation is 1. The molecule has 1 N–H and O–H groups in total. The maximum absolute atomic E-state index is 12.6. The SMILES string of the molecule is CNC1(C)CCN(C(=O)c2cc(Br)ccc2C)CC1. The Morgan fingerprint density at radius 2 is 2.00 bits per heavy atom. The van der Waals surface area contributed by atoms with E-state index < -0.39 is 0 Å². The van der Waals surface area contributed by atoms with Crippen molar-refractivity contribution in [1.82, 2.24) is 10.2 Å². The highest BCUT2D eigenvalue weighted by Gasteiger charge is 2.31. The number of benzene rings is 1. The first-order chi connectivity index (χ1) is 8.95. The molecule has 1 aromatic carbocycles. The minimum atomic E-state index is 0.150. The Hall–Kier alpha value is -0.870. The van der Waals surface area contributed by atoms with Gasteiger partial charge in [0, 0.05) is 28.7 Å². The van der Waals surface area contributed by atoms with Crippen molar-refractivity contribution in [2.24, 2.45) is 0 Å². The normalized spacial score (nSPS) is 18.4. The van der Waals surface area contributed by atoms with Gasteiger partial charge in [-0.2, -0.15) is 0 Å². The van der Waals surface area contributed by atoms with E-state index in [1.807, 2.05) is 37.1 Å². The first-order valence-corrected chi connectivity index (χ1v) is 7.49. The number of hydrogen-bond donors (Lipinski definition) is 1. The van der Waals surface area contributed by atoms with Gasteiger partial charge >= 0.3 is 0 Å². The van der Waals surface area contributed by atoms with E-state index in [9.17, 15) is 4.79 Å². The van der Waals surface area contributed by atoms with Crippen LogP contribution in [0.3, 0.4) is 0 Å². The third-order valence-electron chi connectivity index (χ3n) is 4.19. The molecule has 19 heavy (non-hydrogen) atoms. The van der Waals surface area contributed by atoms with E-state index in [1.165, 1.54) is 0 Å². The Morgan fingerprint density at radius 3 is 2.58 bits per heavy atom. The molecule has 0 aliphatic carbocycles. The zero-order valence-corrected chi connectivity index (χ0v) is 13.4. The average molecular weight is 325 g/mol. The number of nitrogens with zero attached hydrogens (tertiary/aromatic N) is 1. The Morgan fingerprint density at radius 1 is 1.37 bits per heavy atom. The van der Waals surface area contributed by atoms with Crippen LogP contribution in [0.25, 0.3) is 0 Å². The summed E-state index contributed by atoms with van der Waals surface area (Å²) in [5.41, 5.74) is 2.01. The number of halogens is 1. The first kappa shape index (κ1) is 14.5. The number of rotatable bonds is 2. The zero-order chi connectivity index (χ0) is 14.0. The van der Waals surface area contributed by atoms with Crippen LogP contribution in [0.15, 0.2) is 22.7 Å². The van der Waals surface area contributed by atoms with E-state index in [1.54, 1.807) is 0 Å². The summed E-state index contributed by atoms with van der Waals surface area (Å²) in [6.45, 7) is 5.85. The van der Waals surface area contributed by atoms with Crippen LogP contribution in [0.1, 0.15) is 35.7 Å². The van der Waals surface area contributed by atoms with Crippen LogP contribution in [0.5, 0.6) is 0 Å². The summed E-state index contributed by atoms with van der Waals surface area (Å²) in [6.07, 6.45) is 2.00. The lowest BCUT2D eigenvalue weighted by Crippen LogP contribution is -2.51. The van der Waals surface area contributed by atoms with Crippen molar-refractivity contribution >= 4 is 21.8 Å². The van der Waals surface area contributed by atoms with Crippen molar-refractivity contribution in [3.63, 3.8) is 0 Å². The van der Waals surface area contributed by atoms with E-state index in [-0.39, 0.29) is 11.4 Å². The van der Waals surface area contributed by atoms with Crippen LogP contribution < -0.4 is 5.32 Å². The Kier molecular flexibility index (Phi) is 4.31. The van der Waals surface area contributed by atoms with Gasteiger partial charge in [0.2, 0.25) is 0 Å². The molecule has 104 valence electrons. The first-order valence-electron chi connectivity index (χ1n) is 6.69. The summed E-state index contributed by atoms with van der Waals surface area (Å²) in [4.78, 5) is 14.5. The van der Waals surface area contributed by atoms with E-state index in [4.69, 9.17) is 0 Å². The second kappa shape index (κ2) is 5.63. The standard InChI is InChI=1S/C15H21BrN2O/c1-11-4-5-12(16)10-13(11)14(19)18-8-6-15(2,17-3)7-9-18/h4-5,10,17H,6-9H2,1-3H3. The van der Waals surface area contributed by atoms with E-state index in [2.05, 4.69) is 28.2 Å². The molecular formula is C15H21BrN2O. The molecule has 1 aliphatic rings. The molecule has 2 rings (SSSR count). The number of piperidine rings is 1. The van der Waals surface area contributed by atoms with Crippen LogP contribution in [0.4, 0.5) is 0 Å². The van der Waals surface area contributed by atoms with Gasteiger partial charge in [-0.05, 0) is 51.4 Å². The second-order valence-electron chi connectivity index (χ2n) is 5.56. The molecule has 3 nitrogen and oxygen atoms in total. The molecule has 0 spiro atoms. The number of amides is 1. The number of likely N-dealkylation sites (tertiary alicyclic amines) is 1. The fourth-order valence-electron chi connectivity index (χ4n) is 2.45. The van der Waals surface area contributed by atoms with Crippen molar-refractivity contribution in [1.29, 1.82) is 0 Å². The van der Waals surface area contributed by atoms with Crippen molar-refractivity contribution in [2.75, 3.05) is 20.1 Å². The molecule has 0 bridgehead atoms. The van der Waals surface area contributed by atoms with E-state index in [0.29, 0.717) is 0 Å². The molecular weight excluding hydrogens is 304 g/mol. The average Bonchev–Trinajstić information content (AvgIpc) is 2.42. The molecule has 1 saturated heterocycles. The van der Waals surface area contributed by atoms with Crippen LogP contribution in [-0.2, 0) is 0 Å². The molecule has 1 aliphatic heterocycles. The van der Waals surface area contributed by atoms with Crippen molar-refractivity contribution in [2.45, 2.75) is 32.2 Å². The predicted molar refractivity (Wildman–Crippen MR) is 81.5 cm³/mol. The highest BCUT2D eigenvalue weighted by Crippen LogP contribution is 2.24. The van der Waals surface area contributed by atoms with Gasteiger partial charge in [-0.3, -0.25) is 4.79 Å². The van der Waals surface area contributed by atoms with Crippen molar-refractivity contribution in [3.05, 3.63) is 33.8 Å². The molecule has 1 amide bonds. The Balaban J connectivity index is 2.11.